The van der Waals surface area contributed by atoms with Gasteiger partial charge in [-0.3, -0.25) is 9.59 Å². The number of benzene rings is 2. The largest absolute Gasteiger partial charge is 0.448 e. The van der Waals surface area contributed by atoms with Crippen LogP contribution in [-0.4, -0.2) is 25.0 Å². The van der Waals surface area contributed by atoms with Crippen LogP contribution in [0, 0.1) is 11.7 Å². The molecule has 6 rings (SSSR count). The summed E-state index contributed by atoms with van der Waals surface area (Å²) in [6.07, 6.45) is 4.97. The van der Waals surface area contributed by atoms with Crippen LogP contribution >= 0.6 is 0 Å². The molecule has 3 heterocycles. The number of aryl methyl sites for hydroxylation is 2. The number of halogens is 1. The van der Waals surface area contributed by atoms with Crippen molar-refractivity contribution in [1.29, 1.82) is 0 Å². The van der Waals surface area contributed by atoms with Crippen molar-refractivity contribution in [2.45, 2.75) is 12.8 Å². The second-order valence-electron chi connectivity index (χ2n) is 10.1. The Kier molecular flexibility index (Phi) is 6.37. The number of amides is 1. The van der Waals surface area contributed by atoms with E-state index in [4.69, 9.17) is 10.5 Å². The Balaban J connectivity index is 1.41. The van der Waals surface area contributed by atoms with E-state index in [9.17, 15) is 9.59 Å². The number of anilines is 2. The van der Waals surface area contributed by atoms with Gasteiger partial charge in [-0.25, -0.2) is 14.4 Å². The number of ether oxygens (including phenoxy) is 1. The van der Waals surface area contributed by atoms with E-state index in [0.29, 0.717) is 33.4 Å². The smallest absolute Gasteiger partial charge is 0.293 e. The molecule has 1 aliphatic rings. The molecular weight excluding hydrogens is 523 g/mol. The summed E-state index contributed by atoms with van der Waals surface area (Å²) in [7, 11) is 3.44. The molecule has 0 saturated heterocycles. The molecular formula is C31H27FN6O3. The molecule has 0 unspecified atom stereocenters. The average molecular weight is 551 g/mol. The molecule has 10 heteroatoms. The van der Waals surface area contributed by atoms with Gasteiger partial charge in [-0.05, 0) is 66.3 Å². The molecule has 0 radical (unpaired) electrons. The van der Waals surface area contributed by atoms with Gasteiger partial charge in [0.1, 0.15) is 17.8 Å². The number of hydrogen-bond acceptors (Lipinski definition) is 6. The summed E-state index contributed by atoms with van der Waals surface area (Å²) in [4.78, 5) is 33.5. The molecule has 3 aromatic heterocycles. The Morgan fingerprint density at radius 3 is 2.51 bits per heavy atom. The van der Waals surface area contributed by atoms with Crippen molar-refractivity contribution in [2.75, 3.05) is 11.1 Å². The Labute approximate surface area is 234 Å². The number of nitrogens with two attached hydrogens (primary N) is 1. The first kappa shape index (κ1) is 26.0. The van der Waals surface area contributed by atoms with Crippen LogP contribution in [0.3, 0.4) is 0 Å². The number of aromatic nitrogens is 4. The first-order valence-electron chi connectivity index (χ1n) is 13.1. The molecule has 2 aromatic carbocycles. The number of carbonyl (C=O) groups excluding carboxylic acids is 1. The SMILES string of the molecule is C=C(C(=O)Nc1ccc(-c2c(-c3ccc(Oc4cccn(C)c4=O)c(F)c3)c3c(N)ncnc3n2C)cc1)C1CC1. The fraction of sp³-hybridized carbons (Fsp3) is 0.161. The van der Waals surface area contributed by atoms with Gasteiger partial charge in [-0.2, -0.15) is 0 Å². The highest BCUT2D eigenvalue weighted by Crippen LogP contribution is 2.43. The summed E-state index contributed by atoms with van der Waals surface area (Å²) in [6.45, 7) is 3.92. The highest BCUT2D eigenvalue weighted by molar-refractivity contribution is 6.08. The fourth-order valence-corrected chi connectivity index (χ4v) is 4.94. The standard InChI is InChI=1S/C31H27FN6O3/c1-17(18-6-7-18)30(39)36-21-11-8-19(9-12-21)27-25(26-28(33)34-16-35-29(26)38(27)3)20-10-13-23(22(32)15-20)41-24-5-4-14-37(2)31(24)40/h4-5,8-16,18H,1,6-7H2,2-3H3,(H,36,39)(H2,33,34,35). The summed E-state index contributed by atoms with van der Waals surface area (Å²) in [5.74, 6) is -0.383. The summed E-state index contributed by atoms with van der Waals surface area (Å²) >= 11 is 0. The lowest BCUT2D eigenvalue weighted by molar-refractivity contribution is -0.113. The molecule has 1 aliphatic carbocycles. The molecule has 41 heavy (non-hydrogen) atoms. The second kappa shape index (κ2) is 10.1. The summed E-state index contributed by atoms with van der Waals surface area (Å²) in [5.41, 5.74) is 10.4. The van der Waals surface area contributed by atoms with Crippen molar-refractivity contribution >= 4 is 28.4 Å². The van der Waals surface area contributed by atoms with E-state index in [1.54, 1.807) is 25.4 Å². The molecule has 5 aromatic rings. The van der Waals surface area contributed by atoms with E-state index in [1.807, 2.05) is 35.9 Å². The number of nitrogens with one attached hydrogen (secondary N) is 1. The van der Waals surface area contributed by atoms with Gasteiger partial charge in [-0.15, -0.1) is 0 Å². The number of rotatable bonds is 7. The quantitative estimate of drug-likeness (QED) is 0.262. The van der Waals surface area contributed by atoms with Crippen molar-refractivity contribution in [3.63, 3.8) is 0 Å². The van der Waals surface area contributed by atoms with Crippen LogP contribution in [0.15, 0.2) is 84.1 Å². The predicted octanol–water partition coefficient (Wildman–Crippen LogP) is 5.42. The minimum atomic E-state index is -0.652. The van der Waals surface area contributed by atoms with Gasteiger partial charge < -0.3 is 24.9 Å². The van der Waals surface area contributed by atoms with Crippen LogP contribution in [0.25, 0.3) is 33.4 Å². The maximum absolute atomic E-state index is 15.4. The minimum absolute atomic E-state index is 0.0121. The number of carbonyl (C=O) groups is 1. The van der Waals surface area contributed by atoms with E-state index in [1.165, 1.54) is 29.1 Å². The predicted molar refractivity (Wildman–Crippen MR) is 156 cm³/mol. The van der Waals surface area contributed by atoms with Gasteiger partial charge in [0, 0.05) is 37.1 Å². The minimum Gasteiger partial charge on any atom is -0.448 e. The molecule has 0 aliphatic heterocycles. The number of nitrogens with zero attached hydrogens (tertiary/aromatic N) is 4. The van der Waals surface area contributed by atoms with Crippen LogP contribution in [0.2, 0.25) is 0 Å². The first-order valence-corrected chi connectivity index (χ1v) is 13.1. The zero-order chi connectivity index (χ0) is 28.8. The molecule has 0 bridgehead atoms. The number of pyridine rings is 1. The zero-order valence-electron chi connectivity index (χ0n) is 22.5. The van der Waals surface area contributed by atoms with Crippen molar-refractivity contribution in [1.82, 2.24) is 19.1 Å². The average Bonchev–Trinajstić information content (AvgIpc) is 3.76. The van der Waals surface area contributed by atoms with Crippen LogP contribution in [0.1, 0.15) is 12.8 Å². The third-order valence-corrected chi connectivity index (χ3v) is 7.30. The maximum atomic E-state index is 15.4. The number of fused-ring (bicyclic) bond motifs is 1. The van der Waals surface area contributed by atoms with Gasteiger partial charge in [-0.1, -0.05) is 24.8 Å². The van der Waals surface area contributed by atoms with Crippen LogP contribution in [0.4, 0.5) is 15.9 Å². The summed E-state index contributed by atoms with van der Waals surface area (Å²) < 4.78 is 24.3. The van der Waals surface area contributed by atoms with E-state index < -0.39 is 5.82 Å². The third-order valence-electron chi connectivity index (χ3n) is 7.30. The number of hydrogen-bond donors (Lipinski definition) is 2. The van der Waals surface area contributed by atoms with Crippen molar-refractivity contribution < 1.29 is 13.9 Å². The molecule has 1 amide bonds. The van der Waals surface area contributed by atoms with Gasteiger partial charge in [0.15, 0.2) is 17.3 Å². The van der Waals surface area contributed by atoms with Crippen molar-refractivity contribution in [2.24, 2.45) is 20.0 Å². The van der Waals surface area contributed by atoms with Crippen LogP contribution < -0.4 is 21.3 Å². The van der Waals surface area contributed by atoms with Gasteiger partial charge in [0.2, 0.25) is 0 Å². The van der Waals surface area contributed by atoms with Crippen LogP contribution in [-0.2, 0) is 18.9 Å². The second-order valence-corrected chi connectivity index (χ2v) is 10.1. The monoisotopic (exact) mass is 550 g/mol. The highest BCUT2D eigenvalue weighted by Gasteiger charge is 2.29. The van der Waals surface area contributed by atoms with E-state index in [-0.39, 0.29) is 34.7 Å². The Morgan fingerprint density at radius 2 is 1.80 bits per heavy atom. The maximum Gasteiger partial charge on any atom is 0.293 e. The highest BCUT2D eigenvalue weighted by atomic mass is 19.1. The lowest BCUT2D eigenvalue weighted by Gasteiger charge is -2.12. The number of nitrogen functional groups attached to an aromatic ring is 1. The van der Waals surface area contributed by atoms with Gasteiger partial charge >= 0.3 is 0 Å². The Bertz CT molecular complexity index is 1900. The zero-order valence-corrected chi connectivity index (χ0v) is 22.5. The van der Waals surface area contributed by atoms with E-state index >= 15 is 4.39 Å². The molecule has 1 saturated carbocycles. The summed E-state index contributed by atoms with van der Waals surface area (Å²) in [6, 6.07) is 15.0. The Hall–Kier alpha value is -5.25. The lowest BCUT2D eigenvalue weighted by Crippen LogP contribution is -2.16. The normalized spacial score (nSPS) is 12.9. The van der Waals surface area contributed by atoms with Crippen molar-refractivity contribution in [3.8, 4) is 33.9 Å². The van der Waals surface area contributed by atoms with Gasteiger partial charge in [0.05, 0.1) is 11.1 Å². The first-order chi connectivity index (χ1) is 19.7. The topological polar surface area (TPSA) is 117 Å². The molecule has 3 N–H and O–H groups in total. The van der Waals surface area contributed by atoms with Gasteiger partial charge in [0.25, 0.3) is 11.5 Å². The molecule has 206 valence electrons. The molecule has 9 nitrogen and oxygen atoms in total. The van der Waals surface area contributed by atoms with Crippen LogP contribution in [0.5, 0.6) is 11.5 Å². The fourth-order valence-electron chi connectivity index (χ4n) is 4.94. The lowest BCUT2D eigenvalue weighted by atomic mass is 9.98. The molecule has 0 spiro atoms. The molecule has 0 atom stereocenters. The third kappa shape index (κ3) is 4.73. The van der Waals surface area contributed by atoms with E-state index in [0.717, 1.165) is 24.1 Å². The Morgan fingerprint density at radius 1 is 1.07 bits per heavy atom. The van der Waals surface area contributed by atoms with Crippen molar-refractivity contribution in [3.05, 3.63) is 95.4 Å². The molecule has 1 fully saturated rings. The van der Waals surface area contributed by atoms with E-state index in [2.05, 4.69) is 21.9 Å². The summed E-state index contributed by atoms with van der Waals surface area (Å²) in [5, 5.41) is 3.48.